The van der Waals surface area contributed by atoms with Crippen molar-refractivity contribution in [2.45, 2.75) is 219 Å². The molecule has 1 aromatic heterocycles. The van der Waals surface area contributed by atoms with Gasteiger partial charge in [0.05, 0.1) is 0 Å². The first-order valence-corrected chi connectivity index (χ1v) is 41.4. The quantitative estimate of drug-likeness (QED) is 0.0736. The van der Waals surface area contributed by atoms with Crippen LogP contribution in [0.1, 0.15) is 247 Å². The van der Waals surface area contributed by atoms with Crippen molar-refractivity contribution in [3.8, 4) is 66.8 Å². The van der Waals surface area contributed by atoms with Crippen LogP contribution in [0.2, 0.25) is 0 Å². The Labute approximate surface area is 637 Å². The van der Waals surface area contributed by atoms with E-state index in [4.69, 9.17) is 4.42 Å². The highest BCUT2D eigenvalue weighted by atomic mass is 16.3. The van der Waals surface area contributed by atoms with Crippen molar-refractivity contribution >= 4 is 22.1 Å². The Morgan fingerprint density at radius 1 is 0.383 bits per heavy atom. The predicted molar refractivity (Wildman–Crippen MR) is 451 cm³/mol. The molecular weight excluding hydrogens is 1290 g/mol. The fourth-order valence-corrected chi connectivity index (χ4v) is 23.1. The molecular formula is C106H106O. The third kappa shape index (κ3) is 10.3. The van der Waals surface area contributed by atoms with E-state index in [0.717, 1.165) is 36.7 Å². The first kappa shape index (κ1) is 68.2. The molecule has 7 aliphatic carbocycles. The minimum absolute atomic E-state index is 0.0491. The molecule has 11 aromatic carbocycles. The summed E-state index contributed by atoms with van der Waals surface area (Å²) < 4.78 is 7.09. The Balaban J connectivity index is 0.663. The molecule has 0 amide bonds. The smallest absolute Gasteiger partial charge is 0.139 e. The molecule has 0 N–H and O–H groups in total. The number of aryl methyl sites for hydroxylation is 3. The molecule has 1 nitrogen and oxygen atoms in total. The summed E-state index contributed by atoms with van der Waals surface area (Å²) in [5.41, 5.74) is 45.8. The zero-order valence-corrected chi connectivity index (χ0v) is 65.7. The summed E-state index contributed by atoms with van der Waals surface area (Å²) >= 11 is 0. The third-order valence-electron chi connectivity index (χ3n) is 28.5. The van der Waals surface area contributed by atoms with Crippen LogP contribution in [-0.4, -0.2) is 0 Å². The average Bonchev–Trinajstić information content (AvgIpc) is 1.50. The zero-order valence-electron chi connectivity index (χ0n) is 65.7. The van der Waals surface area contributed by atoms with E-state index in [2.05, 4.69) is 295 Å². The molecule has 0 saturated carbocycles. The molecule has 107 heavy (non-hydrogen) atoms. The van der Waals surface area contributed by atoms with E-state index >= 15 is 0 Å². The maximum absolute atomic E-state index is 7.09. The van der Waals surface area contributed by atoms with Gasteiger partial charge in [-0.05, 0) is 261 Å². The van der Waals surface area contributed by atoms with Crippen molar-refractivity contribution in [3.63, 3.8) is 0 Å². The van der Waals surface area contributed by atoms with E-state index in [0.29, 0.717) is 0 Å². The summed E-state index contributed by atoms with van der Waals surface area (Å²) in [6.07, 6.45) is 19.5. The number of rotatable bonds is 19. The van der Waals surface area contributed by atoms with E-state index in [9.17, 15) is 0 Å². The summed E-state index contributed by atoms with van der Waals surface area (Å²) in [7, 11) is 0. The van der Waals surface area contributed by atoms with Gasteiger partial charge < -0.3 is 4.42 Å². The van der Waals surface area contributed by atoms with E-state index in [-0.39, 0.29) is 44.8 Å². The van der Waals surface area contributed by atoms with E-state index in [1.807, 2.05) is 0 Å². The lowest BCUT2D eigenvalue weighted by molar-refractivity contribution is 0.256. The lowest BCUT2D eigenvalue weighted by atomic mass is 9.60. The van der Waals surface area contributed by atoms with Crippen molar-refractivity contribution in [2.75, 3.05) is 0 Å². The molecule has 0 radical (unpaired) electrons. The molecule has 0 aliphatic heterocycles. The average molecular weight is 1400 g/mol. The number of furan rings is 1. The molecule has 7 aliphatic rings. The standard InChI is InChI=1S/C106H106O/c1-13-15-17-19-29-53-106(54-30-20-18-16-14-2)86-37-27-23-33-75(86)78-50-44-70(61-91(78)106)69-43-49-76-77-51-45-71(62-90(77)102(5,6)89(76)60-69)84-63-92-95(94-74-32-22-21-31-68(74)42-52-79(84)94)81-47-40-66(58-87(81)103(92,7)8)56-72(73-46-39-64(3)55-65(73)4)57-67-41-48-82-88(59-67)105(11,12)99-96(82)97-83-35-25-28-38-93(83)107-101(97)98-80-34-24-26-36-85(80)104(9,10)100(98)99/h21-28,31-41,43-51,55,58-63,72,99-100H,13-20,29-30,42,52-54,56-57H2,1-12H3. The Morgan fingerprint density at radius 3 is 1.61 bits per heavy atom. The van der Waals surface area contributed by atoms with Gasteiger partial charge in [-0.15, -0.1) is 0 Å². The van der Waals surface area contributed by atoms with Gasteiger partial charge in [0.1, 0.15) is 11.0 Å². The first-order chi connectivity index (χ1) is 51.8. The Kier molecular flexibility index (Phi) is 16.2. The van der Waals surface area contributed by atoms with Gasteiger partial charge in [0.15, 0.2) is 0 Å². The zero-order chi connectivity index (χ0) is 73.2. The Morgan fingerprint density at radius 2 is 0.907 bits per heavy atom. The van der Waals surface area contributed by atoms with Crippen LogP contribution in [0.15, 0.2) is 217 Å². The topological polar surface area (TPSA) is 13.1 Å². The van der Waals surface area contributed by atoms with E-state index < -0.39 is 0 Å². The Bertz CT molecular complexity index is 5790. The molecule has 1 heteroatoms. The minimum Gasteiger partial charge on any atom is -0.456 e. The molecule has 1 heterocycles. The molecule has 0 saturated heterocycles. The lowest BCUT2D eigenvalue weighted by Gasteiger charge is -2.42. The molecule has 0 fully saturated rings. The maximum Gasteiger partial charge on any atom is 0.139 e. The fraction of sp³-hybridized carbons (Fsp3) is 0.340. The van der Waals surface area contributed by atoms with Gasteiger partial charge in [0.2, 0.25) is 0 Å². The number of fused-ring (bicyclic) bond motifs is 23. The highest BCUT2D eigenvalue weighted by Crippen LogP contribution is 2.65. The van der Waals surface area contributed by atoms with Gasteiger partial charge in [0.25, 0.3) is 0 Å². The van der Waals surface area contributed by atoms with E-state index in [1.165, 1.54) is 249 Å². The van der Waals surface area contributed by atoms with Crippen LogP contribution in [0.3, 0.4) is 0 Å². The molecule has 0 spiro atoms. The maximum atomic E-state index is 7.09. The second-order valence-corrected chi connectivity index (χ2v) is 36.1. The van der Waals surface area contributed by atoms with Gasteiger partial charge in [0, 0.05) is 44.3 Å². The van der Waals surface area contributed by atoms with Gasteiger partial charge in [-0.1, -0.05) is 321 Å². The third-order valence-corrected chi connectivity index (χ3v) is 28.5. The number of hydrogen-bond acceptors (Lipinski definition) is 1. The highest BCUT2D eigenvalue weighted by Gasteiger charge is 2.58. The molecule has 0 bridgehead atoms. The summed E-state index contributed by atoms with van der Waals surface area (Å²) in [4.78, 5) is 0. The molecule has 12 aromatic rings. The lowest BCUT2D eigenvalue weighted by Crippen LogP contribution is -2.45. The number of hydrogen-bond donors (Lipinski definition) is 0. The van der Waals surface area contributed by atoms with Crippen molar-refractivity contribution in [2.24, 2.45) is 11.8 Å². The molecule has 19 rings (SSSR count). The minimum atomic E-state index is -0.245. The van der Waals surface area contributed by atoms with Crippen LogP contribution in [0.4, 0.5) is 0 Å². The van der Waals surface area contributed by atoms with Crippen LogP contribution in [0.5, 0.6) is 0 Å². The van der Waals surface area contributed by atoms with Crippen LogP contribution in [0.25, 0.3) is 88.9 Å². The molecule has 3 unspecified atom stereocenters. The summed E-state index contributed by atoms with van der Waals surface area (Å²) in [6, 6.07) is 84.9. The second-order valence-electron chi connectivity index (χ2n) is 36.1. The predicted octanol–water partition coefficient (Wildman–Crippen LogP) is 26.5. The van der Waals surface area contributed by atoms with E-state index in [1.54, 1.807) is 11.1 Å². The Hall–Kier alpha value is -9.30. The second kappa shape index (κ2) is 25.4. The van der Waals surface area contributed by atoms with Crippen LogP contribution in [0, 0.1) is 25.7 Å². The molecule has 3 atom stereocenters. The number of para-hydroxylation sites is 1. The van der Waals surface area contributed by atoms with Crippen LogP contribution in [-0.2, 0) is 52.8 Å². The summed E-state index contributed by atoms with van der Waals surface area (Å²) in [5.74, 6) is 0.816. The highest BCUT2D eigenvalue weighted by molar-refractivity contribution is 6.00. The summed E-state index contributed by atoms with van der Waals surface area (Å²) in [5, 5.41) is 2.55. The van der Waals surface area contributed by atoms with Gasteiger partial charge in [-0.3, -0.25) is 0 Å². The van der Waals surface area contributed by atoms with Gasteiger partial charge >= 0.3 is 0 Å². The first-order valence-electron chi connectivity index (χ1n) is 41.4. The SMILES string of the molecule is CCCCCCCC1(CCCCCCC)c2ccccc2-c2ccc(-c3ccc4c(c3)C(C)(C)c3cc(-c5cc6c(c7c5CCc5ccccc5-7)-c5ccc(CC(Cc7ccc8c(c7)C(C)(C)C7C8=c8c(oc9ccccc89)=C8c9ccccc9C(C)(C)C87)c7ccc(C)cc7C)cc5C6(C)C)ccc3-4)cc21. The van der Waals surface area contributed by atoms with Crippen molar-refractivity contribution in [1.82, 2.24) is 0 Å². The summed E-state index contributed by atoms with van der Waals surface area (Å²) in [6.45, 7) is 29.5. The van der Waals surface area contributed by atoms with Crippen molar-refractivity contribution in [3.05, 3.63) is 318 Å². The van der Waals surface area contributed by atoms with Crippen LogP contribution >= 0.6 is 0 Å². The van der Waals surface area contributed by atoms with Gasteiger partial charge in [-0.2, -0.15) is 0 Å². The normalized spacial score (nSPS) is 18.3. The van der Waals surface area contributed by atoms with Crippen molar-refractivity contribution in [1.29, 1.82) is 0 Å². The van der Waals surface area contributed by atoms with Gasteiger partial charge in [-0.25, -0.2) is 0 Å². The van der Waals surface area contributed by atoms with Crippen LogP contribution < -0.4 is 10.6 Å². The monoisotopic (exact) mass is 1390 g/mol. The van der Waals surface area contributed by atoms with Crippen molar-refractivity contribution < 1.29 is 4.42 Å². The number of unbranched alkanes of at least 4 members (excludes halogenated alkanes) is 8. The largest absolute Gasteiger partial charge is 0.456 e. The molecule has 536 valence electrons. The fourth-order valence-electron chi connectivity index (χ4n) is 23.1. The number of benzene rings is 11.